The van der Waals surface area contributed by atoms with Gasteiger partial charge in [0.05, 0.1) is 6.54 Å². The maximum atomic E-state index is 13.7. The standard InChI is InChI=1S/C21H23ClFN5O2/c1-14(29-18-6-4-3-5-17(18)23)13-26-21(24-2)25-12-11-19-27-20(28-30-19)15-7-9-16(22)10-8-15/h3-10,14H,11-13H2,1-2H3,(H2,24,25,26). The van der Waals surface area contributed by atoms with E-state index < -0.39 is 0 Å². The van der Waals surface area contributed by atoms with Gasteiger partial charge in [-0.25, -0.2) is 4.39 Å². The topological polar surface area (TPSA) is 84.6 Å². The molecule has 0 spiro atoms. The van der Waals surface area contributed by atoms with Crippen molar-refractivity contribution >= 4 is 17.6 Å². The quantitative estimate of drug-likeness (QED) is 0.418. The zero-order valence-corrected chi connectivity index (χ0v) is 17.5. The van der Waals surface area contributed by atoms with Gasteiger partial charge in [-0.05, 0) is 43.3 Å². The van der Waals surface area contributed by atoms with Gasteiger partial charge in [0.25, 0.3) is 0 Å². The highest BCUT2D eigenvalue weighted by Crippen LogP contribution is 2.19. The summed E-state index contributed by atoms with van der Waals surface area (Å²) in [5, 5.41) is 11.0. The van der Waals surface area contributed by atoms with E-state index in [-0.39, 0.29) is 17.7 Å². The van der Waals surface area contributed by atoms with E-state index in [9.17, 15) is 4.39 Å². The summed E-state index contributed by atoms with van der Waals surface area (Å²) in [7, 11) is 1.67. The number of nitrogens with zero attached hydrogens (tertiary/aromatic N) is 3. The summed E-state index contributed by atoms with van der Waals surface area (Å²) in [5.74, 6) is 1.46. The molecule has 0 saturated heterocycles. The first kappa shape index (κ1) is 21.6. The fraction of sp³-hybridized carbons (Fsp3) is 0.286. The molecule has 2 aromatic carbocycles. The fourth-order valence-electron chi connectivity index (χ4n) is 2.62. The van der Waals surface area contributed by atoms with Gasteiger partial charge in [-0.3, -0.25) is 4.99 Å². The molecule has 0 radical (unpaired) electrons. The Morgan fingerprint density at radius 1 is 1.20 bits per heavy atom. The zero-order valence-electron chi connectivity index (χ0n) is 16.7. The highest BCUT2D eigenvalue weighted by molar-refractivity contribution is 6.30. The Hall–Kier alpha value is -3.13. The molecule has 3 aromatic rings. The predicted octanol–water partition coefficient (Wildman–Crippen LogP) is 3.70. The number of halogens is 2. The van der Waals surface area contributed by atoms with Gasteiger partial charge in [0.1, 0.15) is 6.10 Å². The van der Waals surface area contributed by atoms with Crippen molar-refractivity contribution in [3.8, 4) is 17.1 Å². The van der Waals surface area contributed by atoms with E-state index in [0.29, 0.717) is 42.2 Å². The second-order valence-electron chi connectivity index (χ2n) is 6.51. The van der Waals surface area contributed by atoms with Crippen LogP contribution in [0.2, 0.25) is 5.02 Å². The van der Waals surface area contributed by atoms with Crippen LogP contribution in [0.5, 0.6) is 5.75 Å². The highest BCUT2D eigenvalue weighted by atomic mass is 35.5. The van der Waals surface area contributed by atoms with Gasteiger partial charge in [0, 0.05) is 30.6 Å². The Morgan fingerprint density at radius 2 is 1.97 bits per heavy atom. The monoisotopic (exact) mass is 431 g/mol. The Bertz CT molecular complexity index is 978. The SMILES string of the molecule is CN=C(NCCc1nc(-c2ccc(Cl)cc2)no1)NCC(C)Oc1ccccc1F. The molecule has 0 bridgehead atoms. The molecule has 1 atom stereocenters. The van der Waals surface area contributed by atoms with E-state index in [2.05, 4.69) is 25.8 Å². The number of benzene rings is 2. The van der Waals surface area contributed by atoms with Crippen LogP contribution in [0.15, 0.2) is 58.0 Å². The molecule has 158 valence electrons. The van der Waals surface area contributed by atoms with Gasteiger partial charge in [-0.2, -0.15) is 4.98 Å². The van der Waals surface area contributed by atoms with Crippen LogP contribution in [0.3, 0.4) is 0 Å². The first-order chi connectivity index (χ1) is 14.5. The Morgan fingerprint density at radius 3 is 2.70 bits per heavy atom. The van der Waals surface area contributed by atoms with Crippen molar-refractivity contribution in [2.75, 3.05) is 20.1 Å². The molecule has 9 heteroatoms. The second kappa shape index (κ2) is 10.6. The summed E-state index contributed by atoms with van der Waals surface area (Å²) in [5.41, 5.74) is 0.837. The summed E-state index contributed by atoms with van der Waals surface area (Å²) < 4.78 is 24.6. The average Bonchev–Trinajstić information content (AvgIpc) is 3.21. The first-order valence-electron chi connectivity index (χ1n) is 9.49. The van der Waals surface area contributed by atoms with Crippen molar-refractivity contribution in [2.45, 2.75) is 19.4 Å². The molecule has 0 saturated carbocycles. The van der Waals surface area contributed by atoms with Crippen LogP contribution in [0.4, 0.5) is 4.39 Å². The van der Waals surface area contributed by atoms with E-state index in [1.54, 1.807) is 37.4 Å². The van der Waals surface area contributed by atoms with Gasteiger partial charge < -0.3 is 19.9 Å². The first-order valence-corrected chi connectivity index (χ1v) is 9.87. The van der Waals surface area contributed by atoms with Crippen molar-refractivity contribution in [1.82, 2.24) is 20.8 Å². The third kappa shape index (κ3) is 6.18. The van der Waals surface area contributed by atoms with Crippen molar-refractivity contribution in [1.29, 1.82) is 0 Å². The van der Waals surface area contributed by atoms with Crippen LogP contribution >= 0.6 is 11.6 Å². The van der Waals surface area contributed by atoms with Crippen LogP contribution in [-0.4, -0.2) is 42.3 Å². The number of hydrogen-bond donors (Lipinski definition) is 2. The van der Waals surface area contributed by atoms with Gasteiger partial charge in [-0.1, -0.05) is 28.9 Å². The molecule has 3 rings (SSSR count). The van der Waals surface area contributed by atoms with Crippen LogP contribution in [-0.2, 0) is 6.42 Å². The third-order valence-electron chi connectivity index (χ3n) is 4.15. The number of nitrogens with one attached hydrogen (secondary N) is 2. The fourth-order valence-corrected chi connectivity index (χ4v) is 2.75. The lowest BCUT2D eigenvalue weighted by atomic mass is 10.2. The van der Waals surface area contributed by atoms with E-state index in [1.165, 1.54) is 6.07 Å². The number of guanidine groups is 1. The minimum Gasteiger partial charge on any atom is -0.486 e. The predicted molar refractivity (Wildman–Crippen MR) is 114 cm³/mol. The lowest BCUT2D eigenvalue weighted by molar-refractivity contribution is 0.214. The molecule has 7 nitrogen and oxygen atoms in total. The minimum atomic E-state index is -0.385. The number of para-hydroxylation sites is 1. The summed E-state index contributed by atoms with van der Waals surface area (Å²) in [6, 6.07) is 13.6. The minimum absolute atomic E-state index is 0.225. The van der Waals surface area contributed by atoms with E-state index in [1.807, 2.05) is 19.1 Å². The van der Waals surface area contributed by atoms with Gasteiger partial charge in [0.2, 0.25) is 11.7 Å². The van der Waals surface area contributed by atoms with Crippen LogP contribution < -0.4 is 15.4 Å². The Balaban J connectivity index is 1.42. The third-order valence-corrected chi connectivity index (χ3v) is 4.40. The number of aliphatic imine (C=N–C) groups is 1. The maximum absolute atomic E-state index is 13.7. The van der Waals surface area contributed by atoms with Crippen LogP contribution in [0.25, 0.3) is 11.4 Å². The van der Waals surface area contributed by atoms with Crippen LogP contribution in [0, 0.1) is 5.82 Å². The van der Waals surface area contributed by atoms with E-state index >= 15 is 0 Å². The smallest absolute Gasteiger partial charge is 0.228 e. The Labute approximate surface area is 179 Å². The number of ether oxygens (including phenoxy) is 1. The summed E-state index contributed by atoms with van der Waals surface area (Å²) in [4.78, 5) is 8.55. The molecule has 1 unspecified atom stereocenters. The molecule has 0 amide bonds. The van der Waals surface area contributed by atoms with E-state index in [4.69, 9.17) is 20.9 Å². The normalized spacial score (nSPS) is 12.5. The van der Waals surface area contributed by atoms with E-state index in [0.717, 1.165) is 5.56 Å². The summed E-state index contributed by atoms with van der Waals surface area (Å²) >= 11 is 5.89. The number of aromatic nitrogens is 2. The molecule has 1 aromatic heterocycles. The second-order valence-corrected chi connectivity index (χ2v) is 6.94. The number of hydrogen-bond acceptors (Lipinski definition) is 5. The van der Waals surface area contributed by atoms with Gasteiger partial charge in [0.15, 0.2) is 17.5 Å². The maximum Gasteiger partial charge on any atom is 0.228 e. The van der Waals surface area contributed by atoms with Gasteiger partial charge in [-0.15, -0.1) is 0 Å². The average molecular weight is 432 g/mol. The summed E-state index contributed by atoms with van der Waals surface area (Å²) in [6.07, 6.45) is 0.279. The number of rotatable bonds is 8. The molecule has 0 fully saturated rings. The highest BCUT2D eigenvalue weighted by Gasteiger charge is 2.11. The summed E-state index contributed by atoms with van der Waals surface area (Å²) in [6.45, 7) is 2.85. The molecule has 2 N–H and O–H groups in total. The van der Waals surface area contributed by atoms with Crippen molar-refractivity contribution in [3.05, 3.63) is 65.3 Å². The lowest BCUT2D eigenvalue weighted by Gasteiger charge is -2.17. The van der Waals surface area contributed by atoms with Crippen molar-refractivity contribution in [3.63, 3.8) is 0 Å². The van der Waals surface area contributed by atoms with Crippen molar-refractivity contribution in [2.24, 2.45) is 4.99 Å². The van der Waals surface area contributed by atoms with Gasteiger partial charge >= 0.3 is 0 Å². The van der Waals surface area contributed by atoms with Crippen molar-refractivity contribution < 1.29 is 13.7 Å². The molecule has 0 aliphatic heterocycles. The largest absolute Gasteiger partial charge is 0.486 e. The molecular formula is C21H23ClFN5O2. The lowest BCUT2D eigenvalue weighted by Crippen LogP contribution is -2.42. The molecule has 0 aliphatic rings. The van der Waals surface area contributed by atoms with Crippen LogP contribution in [0.1, 0.15) is 12.8 Å². The molecular weight excluding hydrogens is 409 g/mol. The molecule has 30 heavy (non-hydrogen) atoms. The Kier molecular flexibility index (Phi) is 7.62. The molecule has 1 heterocycles. The molecule has 0 aliphatic carbocycles. The zero-order chi connectivity index (χ0) is 21.3.